The molecule has 2 rings (SSSR count). The van der Waals surface area contributed by atoms with Crippen LogP contribution in [-0.2, 0) is 0 Å². The molecule has 2 aliphatic rings. The fourth-order valence-corrected chi connectivity index (χ4v) is 2.83. The second kappa shape index (κ2) is 4.75. The van der Waals surface area contributed by atoms with E-state index in [9.17, 15) is 13.2 Å². The average Bonchev–Trinajstić information content (AvgIpc) is 2.93. The molecular weight excluding hydrogens is 245 g/mol. The van der Waals surface area contributed by atoms with Crippen LogP contribution in [0.2, 0.25) is 0 Å². The highest BCUT2D eigenvalue weighted by Gasteiger charge is 2.56. The van der Waals surface area contributed by atoms with Crippen LogP contribution in [0.25, 0.3) is 0 Å². The number of alkyl halides is 3. The van der Waals surface area contributed by atoms with Crippen LogP contribution in [0.15, 0.2) is 0 Å². The number of hydrogen-bond donors (Lipinski definition) is 1. The first-order valence-electron chi connectivity index (χ1n) is 5.88. The Labute approximate surface area is 103 Å². The Balaban J connectivity index is 2.29. The summed E-state index contributed by atoms with van der Waals surface area (Å²) in [6, 6.07) is 1.22. The summed E-state index contributed by atoms with van der Waals surface area (Å²) in [5.74, 6) is 0. The summed E-state index contributed by atoms with van der Waals surface area (Å²) >= 11 is 0. The summed E-state index contributed by atoms with van der Waals surface area (Å²) in [7, 11) is 0. The molecule has 4 nitrogen and oxygen atoms in total. The highest BCUT2D eigenvalue weighted by molar-refractivity contribution is 5.17. The third-order valence-electron chi connectivity index (χ3n) is 3.60. The van der Waals surface area contributed by atoms with Gasteiger partial charge in [0, 0.05) is 6.04 Å². The number of rotatable bonds is 1. The fourth-order valence-electron chi connectivity index (χ4n) is 2.83. The summed E-state index contributed by atoms with van der Waals surface area (Å²) in [6.07, 6.45) is -3.28. The molecule has 3 atom stereocenters. The summed E-state index contributed by atoms with van der Waals surface area (Å²) in [6.45, 7) is 0. The van der Waals surface area contributed by atoms with Gasteiger partial charge in [0.15, 0.2) is 6.17 Å². The van der Waals surface area contributed by atoms with Crippen molar-refractivity contribution in [3.63, 3.8) is 0 Å². The molecule has 1 heterocycles. The quantitative estimate of drug-likeness (QED) is 0.774. The molecule has 0 radical (unpaired) electrons. The van der Waals surface area contributed by atoms with Crippen LogP contribution in [0, 0.1) is 22.7 Å². The van der Waals surface area contributed by atoms with Gasteiger partial charge in [0.1, 0.15) is 12.1 Å². The minimum Gasteiger partial charge on any atom is -0.277 e. The van der Waals surface area contributed by atoms with Crippen LogP contribution in [0.4, 0.5) is 13.2 Å². The van der Waals surface area contributed by atoms with Crippen molar-refractivity contribution < 1.29 is 13.2 Å². The van der Waals surface area contributed by atoms with Crippen molar-refractivity contribution in [2.24, 2.45) is 0 Å². The van der Waals surface area contributed by atoms with Gasteiger partial charge in [-0.25, -0.2) is 0 Å². The Bertz CT molecular complexity index is 389. The van der Waals surface area contributed by atoms with Gasteiger partial charge >= 0.3 is 6.18 Å². The van der Waals surface area contributed by atoms with Crippen LogP contribution >= 0.6 is 0 Å². The van der Waals surface area contributed by atoms with E-state index < -0.39 is 24.4 Å². The molecule has 1 saturated carbocycles. The van der Waals surface area contributed by atoms with Gasteiger partial charge < -0.3 is 0 Å². The maximum absolute atomic E-state index is 13.0. The van der Waals surface area contributed by atoms with E-state index in [2.05, 4.69) is 5.32 Å². The molecule has 1 N–H and O–H groups in total. The predicted octanol–water partition coefficient (Wildman–Crippen LogP) is 1.51. The van der Waals surface area contributed by atoms with E-state index in [-0.39, 0.29) is 6.04 Å². The maximum Gasteiger partial charge on any atom is 0.417 e. The lowest BCUT2D eigenvalue weighted by Gasteiger charge is -2.32. The monoisotopic (exact) mass is 258 g/mol. The molecule has 0 aromatic rings. The predicted molar refractivity (Wildman–Crippen MR) is 55.9 cm³/mol. The molecule has 1 saturated heterocycles. The van der Waals surface area contributed by atoms with Crippen LogP contribution in [0.5, 0.6) is 0 Å². The van der Waals surface area contributed by atoms with Crippen molar-refractivity contribution >= 4 is 0 Å². The first kappa shape index (κ1) is 13.1. The average molecular weight is 258 g/mol. The highest BCUT2D eigenvalue weighted by atomic mass is 19.4. The zero-order valence-corrected chi connectivity index (χ0v) is 9.61. The van der Waals surface area contributed by atoms with Gasteiger partial charge in [0.25, 0.3) is 0 Å². The van der Waals surface area contributed by atoms with Crippen LogP contribution in [-0.4, -0.2) is 35.4 Å². The van der Waals surface area contributed by atoms with Crippen molar-refractivity contribution in [2.75, 3.05) is 0 Å². The molecule has 0 aromatic carbocycles. The zero-order valence-electron chi connectivity index (χ0n) is 9.61. The Kier molecular flexibility index (Phi) is 3.47. The van der Waals surface area contributed by atoms with Crippen molar-refractivity contribution in [3.8, 4) is 12.1 Å². The molecule has 2 fully saturated rings. The third-order valence-corrected chi connectivity index (χ3v) is 3.60. The summed E-state index contributed by atoms with van der Waals surface area (Å²) in [5.41, 5.74) is 0. The van der Waals surface area contributed by atoms with Gasteiger partial charge in [0.05, 0.1) is 12.1 Å². The number of halogens is 3. The minimum absolute atomic E-state index is 0.257. The first-order chi connectivity index (χ1) is 8.49. The van der Waals surface area contributed by atoms with Gasteiger partial charge in [0.2, 0.25) is 0 Å². The number of hydrogen-bond acceptors (Lipinski definition) is 4. The standard InChI is InChI=1S/C11H13F3N4/c12-11(13,14)10-17-8(5-15)9(6-16)18(10)7-3-1-2-4-7/h7-10,17H,1-4H2. The van der Waals surface area contributed by atoms with Gasteiger partial charge in [-0.3, -0.25) is 10.2 Å². The first-order valence-corrected chi connectivity index (χ1v) is 5.88. The molecule has 0 aromatic heterocycles. The lowest BCUT2D eigenvalue weighted by Crippen LogP contribution is -2.52. The van der Waals surface area contributed by atoms with E-state index in [4.69, 9.17) is 10.5 Å². The van der Waals surface area contributed by atoms with Crippen molar-refractivity contribution in [1.29, 1.82) is 10.5 Å². The summed E-state index contributed by atoms with van der Waals surface area (Å²) in [4.78, 5) is 1.15. The molecule has 1 aliphatic carbocycles. The maximum atomic E-state index is 13.0. The van der Waals surface area contributed by atoms with E-state index in [1.165, 1.54) is 0 Å². The smallest absolute Gasteiger partial charge is 0.277 e. The Morgan fingerprint density at radius 2 is 1.72 bits per heavy atom. The molecule has 0 spiro atoms. The van der Waals surface area contributed by atoms with E-state index in [1.54, 1.807) is 6.07 Å². The van der Waals surface area contributed by atoms with E-state index in [0.717, 1.165) is 17.7 Å². The molecule has 1 aliphatic heterocycles. The summed E-state index contributed by atoms with van der Waals surface area (Å²) in [5, 5.41) is 20.1. The number of nitrogens with one attached hydrogen (secondary N) is 1. The molecule has 3 unspecified atom stereocenters. The zero-order chi connectivity index (χ0) is 13.3. The Morgan fingerprint density at radius 3 is 2.17 bits per heavy atom. The highest BCUT2D eigenvalue weighted by Crippen LogP contribution is 2.36. The van der Waals surface area contributed by atoms with Crippen molar-refractivity contribution in [2.45, 2.75) is 56.2 Å². The largest absolute Gasteiger partial charge is 0.417 e. The lowest BCUT2D eigenvalue weighted by molar-refractivity contribution is -0.188. The number of nitriles is 2. The molecule has 0 amide bonds. The fraction of sp³-hybridized carbons (Fsp3) is 0.818. The lowest BCUT2D eigenvalue weighted by atomic mass is 10.1. The van der Waals surface area contributed by atoms with Gasteiger partial charge in [-0.2, -0.15) is 23.7 Å². The second-order valence-corrected chi connectivity index (χ2v) is 4.68. The van der Waals surface area contributed by atoms with Crippen LogP contribution < -0.4 is 5.32 Å². The molecule has 98 valence electrons. The molecule has 18 heavy (non-hydrogen) atoms. The topological polar surface area (TPSA) is 62.9 Å². The Morgan fingerprint density at radius 1 is 1.11 bits per heavy atom. The second-order valence-electron chi connectivity index (χ2n) is 4.68. The van der Waals surface area contributed by atoms with E-state index in [1.807, 2.05) is 6.07 Å². The van der Waals surface area contributed by atoms with Crippen LogP contribution in [0.1, 0.15) is 25.7 Å². The third kappa shape index (κ3) is 2.16. The van der Waals surface area contributed by atoms with E-state index in [0.29, 0.717) is 12.8 Å². The molecular formula is C11H13F3N4. The SMILES string of the molecule is N#CC1NC(C(F)(F)F)N(C2CCCC2)C1C#N. The normalized spacial score (nSPS) is 34.4. The van der Waals surface area contributed by atoms with Gasteiger partial charge in [-0.1, -0.05) is 12.8 Å². The minimum atomic E-state index is -4.47. The van der Waals surface area contributed by atoms with Crippen LogP contribution in [0.3, 0.4) is 0 Å². The Hall–Kier alpha value is -1.31. The van der Waals surface area contributed by atoms with Crippen molar-refractivity contribution in [3.05, 3.63) is 0 Å². The molecule has 0 bridgehead atoms. The van der Waals surface area contributed by atoms with E-state index >= 15 is 0 Å². The van der Waals surface area contributed by atoms with Gasteiger partial charge in [-0.15, -0.1) is 0 Å². The molecule has 7 heteroatoms. The van der Waals surface area contributed by atoms with Crippen molar-refractivity contribution in [1.82, 2.24) is 10.2 Å². The number of nitrogens with zero attached hydrogens (tertiary/aromatic N) is 3. The van der Waals surface area contributed by atoms with Gasteiger partial charge in [-0.05, 0) is 12.8 Å². The summed E-state index contributed by atoms with van der Waals surface area (Å²) < 4.78 is 38.9.